The van der Waals surface area contributed by atoms with Crippen LogP contribution in [-0.2, 0) is 18.3 Å². The summed E-state index contributed by atoms with van der Waals surface area (Å²) in [6, 6.07) is 11.4. The maximum absolute atomic E-state index is 15.4. The number of carbonyl (C=O) groups is 1. The molecule has 0 spiro atoms. The Hall–Kier alpha value is -2.48. The Bertz CT molecular complexity index is 1230. The van der Waals surface area contributed by atoms with Crippen LogP contribution in [0.5, 0.6) is 0 Å². The molecule has 0 aromatic heterocycles. The number of carbonyl (C=O) groups excluding carboxylic acids is 1. The lowest BCUT2D eigenvalue weighted by atomic mass is 9.97. The number of hydrogen-bond donors (Lipinski definition) is 1. The highest BCUT2D eigenvalue weighted by Gasteiger charge is 2.66. The lowest BCUT2D eigenvalue weighted by Gasteiger charge is -2.41. The fourth-order valence-corrected chi connectivity index (χ4v) is 8.12. The van der Waals surface area contributed by atoms with E-state index in [9.17, 15) is 14.9 Å². The van der Waals surface area contributed by atoms with E-state index >= 15 is 4.57 Å². The van der Waals surface area contributed by atoms with Crippen LogP contribution in [0, 0.1) is 33.8 Å². The number of alkyl carbamates (subject to hydrolysis) is 1. The van der Waals surface area contributed by atoms with Crippen molar-refractivity contribution in [2.45, 2.75) is 112 Å². The molecule has 2 aromatic rings. The summed E-state index contributed by atoms with van der Waals surface area (Å²) in [6.45, 7) is 21.7. The highest BCUT2D eigenvalue weighted by Crippen LogP contribution is 2.67. The van der Waals surface area contributed by atoms with E-state index in [0.29, 0.717) is 5.56 Å². The van der Waals surface area contributed by atoms with Gasteiger partial charge in [-0.1, -0.05) is 91.8 Å². The van der Waals surface area contributed by atoms with Crippen LogP contribution >= 0.6 is 7.60 Å². The molecule has 0 bridgehead atoms. The van der Waals surface area contributed by atoms with Gasteiger partial charge in [-0.05, 0) is 66.8 Å². The minimum absolute atomic E-state index is 0.118. The highest BCUT2D eigenvalue weighted by atomic mass is 31.2. The predicted molar refractivity (Wildman–Crippen MR) is 168 cm³/mol. The van der Waals surface area contributed by atoms with Crippen molar-refractivity contribution in [3.8, 4) is 0 Å². The van der Waals surface area contributed by atoms with Crippen molar-refractivity contribution >= 4 is 24.5 Å². The number of nitro groups is 1. The first-order valence-electron chi connectivity index (χ1n) is 14.8. The van der Waals surface area contributed by atoms with Crippen LogP contribution in [0.15, 0.2) is 42.5 Å². The van der Waals surface area contributed by atoms with Crippen molar-refractivity contribution < 1.29 is 28.1 Å². The van der Waals surface area contributed by atoms with Crippen molar-refractivity contribution in [3.63, 3.8) is 0 Å². The van der Waals surface area contributed by atoms with Crippen LogP contribution in [0.4, 0.5) is 4.79 Å². The number of nitrogens with one attached hydrogen (secondary N) is 1. The van der Waals surface area contributed by atoms with Gasteiger partial charge in [-0.25, -0.2) is 4.79 Å². The third-order valence-corrected chi connectivity index (χ3v) is 9.96. The van der Waals surface area contributed by atoms with Gasteiger partial charge in [-0.2, -0.15) is 0 Å². The molecule has 10 heteroatoms. The molecule has 42 heavy (non-hydrogen) atoms. The van der Waals surface area contributed by atoms with E-state index in [1.54, 1.807) is 32.9 Å². The van der Waals surface area contributed by atoms with Gasteiger partial charge >= 0.3 is 19.0 Å². The Balaban J connectivity index is 2.92. The molecule has 0 aliphatic carbocycles. The van der Waals surface area contributed by atoms with Gasteiger partial charge in [0.25, 0.3) is 0 Å². The van der Waals surface area contributed by atoms with Crippen LogP contribution in [0.25, 0.3) is 10.8 Å². The first-order valence-corrected chi connectivity index (χ1v) is 16.4. The molecule has 1 N–H and O–H groups in total. The van der Waals surface area contributed by atoms with Crippen LogP contribution < -0.4 is 5.32 Å². The van der Waals surface area contributed by atoms with Gasteiger partial charge in [0.2, 0.25) is 0 Å². The number of rotatable bonds is 13. The zero-order valence-electron chi connectivity index (χ0n) is 27.3. The summed E-state index contributed by atoms with van der Waals surface area (Å²) in [5.41, 5.74) is -0.497. The molecule has 0 unspecified atom stereocenters. The number of amides is 1. The SMILES string of the molecule is CC(C)C(OP(=O)(OC(C(C)C)C(C)C)[C@@](C)([C@H](NC(=O)OC(C)(C)C)c1ccc2ccccc2c1)[N+](=O)[O-])C(C)C. The summed E-state index contributed by atoms with van der Waals surface area (Å²) in [6.07, 6.45) is -2.11. The first-order chi connectivity index (χ1) is 19.2. The van der Waals surface area contributed by atoms with Gasteiger partial charge in [-0.3, -0.25) is 23.7 Å². The Kier molecular flexibility index (Phi) is 11.8. The van der Waals surface area contributed by atoms with Crippen LogP contribution in [0.1, 0.15) is 94.7 Å². The predicted octanol–water partition coefficient (Wildman–Crippen LogP) is 8.99. The summed E-state index contributed by atoms with van der Waals surface area (Å²) in [5, 5.41) is 15.3. The van der Waals surface area contributed by atoms with Gasteiger partial charge < -0.3 is 10.1 Å². The van der Waals surface area contributed by atoms with Crippen molar-refractivity contribution in [1.29, 1.82) is 0 Å². The topological polar surface area (TPSA) is 117 Å². The van der Waals surface area contributed by atoms with Gasteiger partial charge in [-0.15, -0.1) is 0 Å². The fourth-order valence-electron chi connectivity index (χ4n) is 5.30. The van der Waals surface area contributed by atoms with E-state index in [-0.39, 0.29) is 23.7 Å². The molecule has 0 saturated heterocycles. The molecule has 0 heterocycles. The van der Waals surface area contributed by atoms with Gasteiger partial charge in [0.1, 0.15) is 11.6 Å². The summed E-state index contributed by atoms with van der Waals surface area (Å²) in [4.78, 5) is 26.0. The van der Waals surface area contributed by atoms with E-state index < -0.39 is 47.7 Å². The average molecular weight is 607 g/mol. The first kappa shape index (κ1) is 35.7. The Labute approximate surface area is 251 Å². The summed E-state index contributed by atoms with van der Waals surface area (Å²) in [5.74, 6) is -0.473. The second-order valence-electron chi connectivity index (χ2n) is 13.7. The van der Waals surface area contributed by atoms with E-state index in [1.165, 1.54) is 6.92 Å². The second kappa shape index (κ2) is 13.9. The summed E-state index contributed by atoms with van der Waals surface area (Å²) in [7, 11) is -4.68. The fraction of sp³-hybridized carbons (Fsp3) is 0.656. The smallest absolute Gasteiger partial charge is 0.409 e. The quantitative estimate of drug-likeness (QED) is 0.137. The number of ether oxygens (including phenoxy) is 1. The largest absolute Gasteiger partial charge is 0.444 e. The molecule has 0 saturated carbocycles. The zero-order valence-corrected chi connectivity index (χ0v) is 28.2. The average Bonchev–Trinajstić information content (AvgIpc) is 2.86. The van der Waals surface area contributed by atoms with Gasteiger partial charge in [0.05, 0.1) is 12.2 Å². The number of hydrogen-bond acceptors (Lipinski definition) is 7. The van der Waals surface area contributed by atoms with Gasteiger partial charge in [0.15, 0.2) is 0 Å². The Morgan fingerprint density at radius 3 is 1.67 bits per heavy atom. The Morgan fingerprint density at radius 2 is 1.26 bits per heavy atom. The third kappa shape index (κ3) is 8.33. The molecule has 1 amide bonds. The third-order valence-electron chi connectivity index (χ3n) is 7.39. The van der Waals surface area contributed by atoms with E-state index in [2.05, 4.69) is 5.32 Å². The normalized spacial score (nSPS) is 15.2. The summed E-state index contributed by atoms with van der Waals surface area (Å²) >= 11 is 0. The molecular weight excluding hydrogens is 555 g/mol. The maximum atomic E-state index is 15.4. The summed E-state index contributed by atoms with van der Waals surface area (Å²) < 4.78 is 33.7. The van der Waals surface area contributed by atoms with Crippen LogP contribution in [0.2, 0.25) is 0 Å². The maximum Gasteiger partial charge on any atom is 0.409 e. The van der Waals surface area contributed by atoms with E-state index in [1.807, 2.05) is 85.7 Å². The number of nitrogens with zero attached hydrogens (tertiary/aromatic N) is 1. The second-order valence-corrected chi connectivity index (χ2v) is 16.0. The monoisotopic (exact) mass is 606 g/mol. The molecule has 0 aliphatic heterocycles. The Morgan fingerprint density at radius 1 is 0.810 bits per heavy atom. The molecule has 0 aliphatic rings. The molecule has 236 valence electrons. The molecule has 2 aromatic carbocycles. The highest BCUT2D eigenvalue weighted by molar-refractivity contribution is 7.55. The minimum Gasteiger partial charge on any atom is -0.444 e. The van der Waals surface area contributed by atoms with Crippen molar-refractivity contribution in [1.82, 2.24) is 5.32 Å². The number of fused-ring (bicyclic) bond motifs is 1. The van der Waals surface area contributed by atoms with Gasteiger partial charge in [0, 0.05) is 11.8 Å². The molecule has 9 nitrogen and oxygen atoms in total. The molecular formula is C32H51N2O7P. The van der Waals surface area contributed by atoms with Crippen LogP contribution in [-0.4, -0.2) is 34.1 Å². The lowest BCUT2D eigenvalue weighted by molar-refractivity contribution is -0.546. The lowest BCUT2D eigenvalue weighted by Crippen LogP contribution is -2.52. The molecule has 0 fully saturated rings. The van der Waals surface area contributed by atoms with Crippen molar-refractivity contribution in [2.24, 2.45) is 23.7 Å². The standard InChI is InChI=1S/C32H51N2O7P/c1-20(2)27(21(3)4)40-42(38,41-28(22(5)6)23(7)8)32(12,34(36)37)29(33-30(35)39-31(9,10)11)26-18-17-24-15-13-14-16-25(24)19-26/h13-23,27-29H,1-12H3,(H,33,35)/t29-,32+/m1/s1. The van der Waals surface area contributed by atoms with Crippen molar-refractivity contribution in [2.75, 3.05) is 0 Å². The minimum atomic E-state index is -4.68. The zero-order chi connectivity index (χ0) is 32.2. The number of benzene rings is 2. The molecule has 2 rings (SSSR count). The molecule has 0 radical (unpaired) electrons. The van der Waals surface area contributed by atoms with E-state index in [0.717, 1.165) is 10.8 Å². The van der Waals surface area contributed by atoms with Crippen LogP contribution in [0.3, 0.4) is 0 Å². The van der Waals surface area contributed by atoms with Crippen molar-refractivity contribution in [3.05, 3.63) is 58.1 Å². The van der Waals surface area contributed by atoms with E-state index in [4.69, 9.17) is 13.8 Å². The molecule has 2 atom stereocenters.